The van der Waals surface area contributed by atoms with Crippen LogP contribution in [0.4, 0.5) is 0 Å². The molecule has 0 unspecified atom stereocenters. The molecule has 1 fully saturated rings. The molecule has 4 heteroatoms. The highest BCUT2D eigenvalue weighted by atomic mass is 16.2. The van der Waals surface area contributed by atoms with Crippen LogP contribution in [-0.2, 0) is 11.3 Å². The van der Waals surface area contributed by atoms with Crippen LogP contribution in [-0.4, -0.2) is 43.0 Å². The number of likely N-dealkylation sites (tertiary alicyclic amines) is 1. The largest absolute Gasteiger partial charge is 0.358 e. The molecule has 21 heavy (non-hydrogen) atoms. The van der Waals surface area contributed by atoms with E-state index in [9.17, 15) is 4.79 Å². The van der Waals surface area contributed by atoms with Crippen LogP contribution in [0.15, 0.2) is 30.3 Å². The molecule has 2 N–H and O–H groups in total. The number of nitrogens with zero attached hydrogens (tertiary/aromatic N) is 1. The van der Waals surface area contributed by atoms with Crippen LogP contribution < -0.4 is 10.6 Å². The first kappa shape index (κ1) is 16.0. The second kappa shape index (κ2) is 7.57. The number of carbonyl (C=O) groups is 1. The zero-order valence-corrected chi connectivity index (χ0v) is 13.3. The van der Waals surface area contributed by atoms with E-state index in [-0.39, 0.29) is 11.9 Å². The maximum Gasteiger partial charge on any atom is 0.236 e. The Morgan fingerprint density at radius 2 is 2.05 bits per heavy atom. The van der Waals surface area contributed by atoms with Crippen molar-refractivity contribution < 1.29 is 4.79 Å². The van der Waals surface area contributed by atoms with E-state index >= 15 is 0 Å². The van der Waals surface area contributed by atoms with Crippen LogP contribution >= 0.6 is 0 Å². The van der Waals surface area contributed by atoms with Gasteiger partial charge in [-0.25, -0.2) is 0 Å². The van der Waals surface area contributed by atoms with E-state index in [0.717, 1.165) is 26.1 Å². The number of amides is 1. The van der Waals surface area contributed by atoms with Gasteiger partial charge in [0.25, 0.3) is 0 Å². The minimum absolute atomic E-state index is 0.0582. The minimum Gasteiger partial charge on any atom is -0.358 e. The normalized spacial score (nSPS) is 24.5. The lowest BCUT2D eigenvalue weighted by atomic mass is 9.95. The summed E-state index contributed by atoms with van der Waals surface area (Å²) in [6.45, 7) is 7.33. The van der Waals surface area contributed by atoms with E-state index in [1.54, 1.807) is 7.05 Å². The molecule has 0 bridgehead atoms. The molecule has 1 aliphatic heterocycles. The predicted octanol–water partition coefficient (Wildman–Crippen LogP) is 1.62. The Morgan fingerprint density at radius 1 is 1.33 bits per heavy atom. The number of hydrogen-bond acceptors (Lipinski definition) is 3. The van der Waals surface area contributed by atoms with Gasteiger partial charge in [-0.2, -0.15) is 0 Å². The molecule has 0 radical (unpaired) electrons. The maximum atomic E-state index is 11.7. The number of nitrogens with one attached hydrogen (secondary N) is 2. The molecule has 116 valence electrons. The number of piperidine rings is 1. The van der Waals surface area contributed by atoms with Crippen molar-refractivity contribution >= 4 is 5.91 Å². The van der Waals surface area contributed by atoms with E-state index in [1.807, 2.05) is 6.92 Å². The topological polar surface area (TPSA) is 44.4 Å². The third-order valence-electron chi connectivity index (χ3n) is 4.11. The molecule has 0 aromatic heterocycles. The van der Waals surface area contributed by atoms with Crippen molar-refractivity contribution in [2.24, 2.45) is 5.92 Å². The van der Waals surface area contributed by atoms with Gasteiger partial charge >= 0.3 is 0 Å². The molecule has 1 aromatic carbocycles. The van der Waals surface area contributed by atoms with Gasteiger partial charge in [-0.3, -0.25) is 9.69 Å². The summed E-state index contributed by atoms with van der Waals surface area (Å²) in [5.41, 5.74) is 1.35. The first-order chi connectivity index (χ1) is 10.1. The smallest absolute Gasteiger partial charge is 0.236 e. The number of benzene rings is 1. The summed E-state index contributed by atoms with van der Waals surface area (Å²) in [7, 11) is 1.69. The Kier molecular flexibility index (Phi) is 5.76. The Hall–Kier alpha value is -1.39. The molecule has 3 atom stereocenters. The Labute approximate surface area is 127 Å². The predicted molar refractivity (Wildman–Crippen MR) is 86.0 cm³/mol. The number of carbonyl (C=O) groups excluding carboxylic acids is 1. The van der Waals surface area contributed by atoms with Gasteiger partial charge in [-0.05, 0) is 24.8 Å². The van der Waals surface area contributed by atoms with Gasteiger partial charge in [0.15, 0.2) is 0 Å². The zero-order valence-electron chi connectivity index (χ0n) is 13.3. The molecule has 1 amide bonds. The molecule has 1 aliphatic rings. The molecular weight excluding hydrogens is 262 g/mol. The fraction of sp³-hybridized carbons (Fsp3) is 0.588. The highest BCUT2D eigenvalue weighted by molar-refractivity contribution is 5.80. The van der Waals surface area contributed by atoms with Crippen molar-refractivity contribution in [1.82, 2.24) is 15.5 Å². The van der Waals surface area contributed by atoms with Gasteiger partial charge in [-0.1, -0.05) is 37.3 Å². The standard InChI is InChI=1S/C17H27N3O/c1-13-9-16(19-14(2)17(21)18-3)12-20(10-13)11-15-7-5-4-6-8-15/h4-8,13-14,16,19H,9-12H2,1-3H3,(H,18,21)/t13-,14-,16-/m1/s1. The van der Waals surface area contributed by atoms with E-state index in [4.69, 9.17) is 0 Å². The fourth-order valence-corrected chi connectivity index (χ4v) is 3.20. The van der Waals surface area contributed by atoms with E-state index in [1.165, 1.54) is 5.56 Å². The zero-order chi connectivity index (χ0) is 15.2. The lowest BCUT2D eigenvalue weighted by Gasteiger charge is -2.38. The summed E-state index contributed by atoms with van der Waals surface area (Å²) in [5.74, 6) is 0.708. The van der Waals surface area contributed by atoms with Crippen LogP contribution in [0.3, 0.4) is 0 Å². The van der Waals surface area contributed by atoms with Crippen molar-refractivity contribution in [2.75, 3.05) is 20.1 Å². The van der Waals surface area contributed by atoms with E-state index in [2.05, 4.69) is 52.8 Å². The van der Waals surface area contributed by atoms with Crippen LogP contribution in [0.25, 0.3) is 0 Å². The van der Waals surface area contributed by atoms with E-state index in [0.29, 0.717) is 12.0 Å². The lowest BCUT2D eigenvalue weighted by Crippen LogP contribution is -2.53. The Balaban J connectivity index is 1.91. The molecule has 0 aliphatic carbocycles. The Morgan fingerprint density at radius 3 is 2.71 bits per heavy atom. The molecule has 1 heterocycles. The maximum absolute atomic E-state index is 11.7. The molecule has 4 nitrogen and oxygen atoms in total. The average Bonchev–Trinajstić information content (AvgIpc) is 2.46. The average molecular weight is 289 g/mol. The third-order valence-corrected chi connectivity index (χ3v) is 4.11. The number of rotatable bonds is 5. The molecule has 0 spiro atoms. The summed E-state index contributed by atoms with van der Waals surface area (Å²) in [5, 5.41) is 6.16. The number of likely N-dealkylation sites (N-methyl/N-ethyl adjacent to an activating group) is 1. The number of hydrogen-bond donors (Lipinski definition) is 2. The van der Waals surface area contributed by atoms with Gasteiger partial charge in [0.2, 0.25) is 5.91 Å². The summed E-state index contributed by atoms with van der Waals surface area (Å²) in [4.78, 5) is 14.1. The van der Waals surface area contributed by atoms with E-state index < -0.39 is 0 Å². The minimum atomic E-state index is -0.135. The van der Waals surface area contributed by atoms with Crippen LogP contribution in [0, 0.1) is 5.92 Å². The van der Waals surface area contributed by atoms with Gasteiger partial charge in [0.05, 0.1) is 6.04 Å². The first-order valence-corrected chi connectivity index (χ1v) is 7.82. The summed E-state index contributed by atoms with van der Waals surface area (Å²) in [6.07, 6.45) is 1.13. The van der Waals surface area contributed by atoms with Crippen molar-refractivity contribution in [3.05, 3.63) is 35.9 Å². The van der Waals surface area contributed by atoms with Crippen LogP contribution in [0.2, 0.25) is 0 Å². The SMILES string of the molecule is CNC(=O)[C@@H](C)N[C@@H]1C[C@@H](C)CN(Cc2ccccc2)C1. The molecule has 1 aromatic rings. The fourth-order valence-electron chi connectivity index (χ4n) is 3.20. The third kappa shape index (κ3) is 4.83. The van der Waals surface area contributed by atoms with Gasteiger partial charge in [-0.15, -0.1) is 0 Å². The van der Waals surface area contributed by atoms with Gasteiger partial charge < -0.3 is 10.6 Å². The molecular formula is C17H27N3O. The van der Waals surface area contributed by atoms with Crippen molar-refractivity contribution in [2.45, 2.75) is 38.9 Å². The van der Waals surface area contributed by atoms with Crippen LogP contribution in [0.5, 0.6) is 0 Å². The molecule has 0 saturated carbocycles. The van der Waals surface area contributed by atoms with Crippen molar-refractivity contribution in [3.63, 3.8) is 0 Å². The molecule has 1 saturated heterocycles. The summed E-state index contributed by atoms with van der Waals surface area (Å²) in [6, 6.07) is 10.8. The highest BCUT2D eigenvalue weighted by Gasteiger charge is 2.26. The van der Waals surface area contributed by atoms with Crippen molar-refractivity contribution in [3.8, 4) is 0 Å². The second-order valence-corrected chi connectivity index (χ2v) is 6.22. The van der Waals surface area contributed by atoms with Gasteiger partial charge in [0.1, 0.15) is 0 Å². The first-order valence-electron chi connectivity index (χ1n) is 7.82. The highest BCUT2D eigenvalue weighted by Crippen LogP contribution is 2.19. The summed E-state index contributed by atoms with van der Waals surface area (Å²) < 4.78 is 0. The Bertz CT molecular complexity index is 449. The molecule has 2 rings (SSSR count). The van der Waals surface area contributed by atoms with Crippen molar-refractivity contribution in [1.29, 1.82) is 0 Å². The monoisotopic (exact) mass is 289 g/mol. The lowest BCUT2D eigenvalue weighted by molar-refractivity contribution is -0.122. The van der Waals surface area contributed by atoms with Crippen LogP contribution in [0.1, 0.15) is 25.8 Å². The van der Waals surface area contributed by atoms with Gasteiger partial charge in [0, 0.05) is 32.7 Å². The summed E-state index contributed by atoms with van der Waals surface area (Å²) >= 11 is 0. The quantitative estimate of drug-likeness (QED) is 0.866. The second-order valence-electron chi connectivity index (χ2n) is 6.22.